The molecule has 1 aromatic heterocycles. The average Bonchev–Trinajstić information content (AvgIpc) is 3.02. The van der Waals surface area contributed by atoms with Crippen molar-refractivity contribution in [1.29, 1.82) is 0 Å². The molecule has 1 aromatic carbocycles. The van der Waals surface area contributed by atoms with Gasteiger partial charge in [-0.3, -0.25) is 9.59 Å². The van der Waals surface area contributed by atoms with Crippen LogP contribution in [0, 0.1) is 0 Å². The molecule has 2 amide bonds. The largest absolute Gasteiger partial charge is 0.355 e. The van der Waals surface area contributed by atoms with E-state index in [-0.39, 0.29) is 18.4 Å². The normalized spacial score (nSPS) is 17.8. The molecule has 0 unspecified atom stereocenters. The van der Waals surface area contributed by atoms with E-state index in [0.29, 0.717) is 22.5 Å². The maximum atomic E-state index is 12.3. The third kappa shape index (κ3) is 5.21. The van der Waals surface area contributed by atoms with Gasteiger partial charge in [0.25, 0.3) is 5.91 Å². The molecule has 7 heteroatoms. The molecule has 0 bridgehead atoms. The summed E-state index contributed by atoms with van der Waals surface area (Å²) in [5.41, 5.74) is 0. The predicted molar refractivity (Wildman–Crippen MR) is 112 cm³/mol. The number of carbonyl (C=O) groups is 2. The number of hydrogen-bond donors (Lipinski definition) is 2. The van der Waals surface area contributed by atoms with Crippen molar-refractivity contribution in [1.82, 2.24) is 15.5 Å². The van der Waals surface area contributed by atoms with Crippen molar-refractivity contribution in [2.45, 2.75) is 38.6 Å². The lowest BCUT2D eigenvalue weighted by Crippen LogP contribution is -2.40. The van der Waals surface area contributed by atoms with Gasteiger partial charge in [-0.05, 0) is 38.8 Å². The fourth-order valence-electron chi connectivity index (χ4n) is 3.46. The van der Waals surface area contributed by atoms with Crippen molar-refractivity contribution in [3.05, 3.63) is 34.2 Å². The molecule has 2 heterocycles. The molecule has 0 spiro atoms. The Morgan fingerprint density at radius 2 is 2.07 bits per heavy atom. The zero-order valence-corrected chi connectivity index (χ0v) is 17.2. The van der Waals surface area contributed by atoms with Crippen molar-refractivity contribution >= 4 is 44.8 Å². The van der Waals surface area contributed by atoms with Crippen molar-refractivity contribution in [3.63, 3.8) is 0 Å². The summed E-state index contributed by atoms with van der Waals surface area (Å²) in [5, 5.41) is 6.85. The Bertz CT molecular complexity index is 808. The van der Waals surface area contributed by atoms with Gasteiger partial charge < -0.3 is 15.5 Å². The highest BCUT2D eigenvalue weighted by Crippen LogP contribution is 2.34. The van der Waals surface area contributed by atoms with E-state index >= 15 is 0 Å². The Labute approximate surface area is 169 Å². The number of halogens is 1. The first-order valence-electron chi connectivity index (χ1n) is 9.52. The van der Waals surface area contributed by atoms with E-state index in [1.54, 1.807) is 0 Å². The average molecular weight is 408 g/mol. The van der Waals surface area contributed by atoms with Crippen LogP contribution in [0.5, 0.6) is 0 Å². The highest BCUT2D eigenvalue weighted by atomic mass is 35.5. The van der Waals surface area contributed by atoms with Crippen molar-refractivity contribution < 1.29 is 9.59 Å². The minimum Gasteiger partial charge on any atom is -0.355 e. The Kier molecular flexibility index (Phi) is 7.10. The highest BCUT2D eigenvalue weighted by molar-refractivity contribution is 7.21. The first-order valence-corrected chi connectivity index (χ1v) is 10.7. The number of nitrogens with zero attached hydrogens (tertiary/aromatic N) is 1. The predicted octanol–water partition coefficient (Wildman–Crippen LogP) is 3.67. The Morgan fingerprint density at radius 3 is 2.85 bits per heavy atom. The van der Waals surface area contributed by atoms with Crippen LogP contribution in [0.3, 0.4) is 0 Å². The van der Waals surface area contributed by atoms with Gasteiger partial charge in [0.2, 0.25) is 5.91 Å². The third-order valence-electron chi connectivity index (χ3n) is 5.04. The van der Waals surface area contributed by atoms with E-state index in [0.717, 1.165) is 29.6 Å². The third-order valence-corrected chi connectivity index (χ3v) is 6.71. The number of piperidine rings is 1. The first kappa shape index (κ1) is 20.1. The number of benzene rings is 1. The molecule has 1 atom stereocenters. The molecule has 0 radical (unpaired) electrons. The maximum absolute atomic E-state index is 12.3. The number of carbonyl (C=O) groups excluding carboxylic acids is 2. The van der Waals surface area contributed by atoms with Gasteiger partial charge in [-0.1, -0.05) is 36.2 Å². The summed E-state index contributed by atoms with van der Waals surface area (Å²) in [5.74, 6) is -0.481. The van der Waals surface area contributed by atoms with Gasteiger partial charge >= 0.3 is 0 Å². The van der Waals surface area contributed by atoms with Crippen LogP contribution in [-0.2, 0) is 4.79 Å². The van der Waals surface area contributed by atoms with Crippen LogP contribution in [0.4, 0.5) is 0 Å². The molecular weight excluding hydrogens is 382 g/mol. The molecule has 146 valence electrons. The molecule has 1 saturated heterocycles. The minimum absolute atomic E-state index is 0.0382. The van der Waals surface area contributed by atoms with Gasteiger partial charge in [-0.25, -0.2) is 0 Å². The Morgan fingerprint density at radius 1 is 1.26 bits per heavy atom. The van der Waals surface area contributed by atoms with Gasteiger partial charge in [-0.15, -0.1) is 11.3 Å². The Hall–Kier alpha value is -1.63. The summed E-state index contributed by atoms with van der Waals surface area (Å²) in [6.07, 6.45) is 4.77. The second-order valence-electron chi connectivity index (χ2n) is 7.01. The smallest absolute Gasteiger partial charge is 0.263 e. The zero-order chi connectivity index (χ0) is 19.2. The lowest BCUT2D eigenvalue weighted by atomic mass is 10.0. The van der Waals surface area contributed by atoms with E-state index in [4.69, 9.17) is 11.6 Å². The molecule has 1 aliphatic rings. The second kappa shape index (κ2) is 9.53. The van der Waals surface area contributed by atoms with Gasteiger partial charge in [0.05, 0.1) is 11.6 Å². The maximum Gasteiger partial charge on any atom is 0.263 e. The molecule has 2 N–H and O–H groups in total. The number of nitrogens with one attached hydrogen (secondary N) is 2. The van der Waals surface area contributed by atoms with Crippen LogP contribution >= 0.6 is 22.9 Å². The summed E-state index contributed by atoms with van der Waals surface area (Å²) >= 11 is 7.64. The number of hydrogen-bond acceptors (Lipinski definition) is 4. The highest BCUT2D eigenvalue weighted by Gasteiger charge is 2.18. The molecule has 2 aromatic rings. The van der Waals surface area contributed by atoms with Crippen LogP contribution in [0.1, 0.15) is 42.3 Å². The number of rotatable bonds is 7. The molecule has 3 rings (SSSR count). The summed E-state index contributed by atoms with van der Waals surface area (Å²) in [6.45, 7) is 5.02. The van der Waals surface area contributed by atoms with Crippen molar-refractivity contribution in [2.75, 3.05) is 26.2 Å². The van der Waals surface area contributed by atoms with Crippen LogP contribution in [0.2, 0.25) is 5.02 Å². The first-order chi connectivity index (χ1) is 13.1. The van der Waals surface area contributed by atoms with E-state index in [1.165, 1.54) is 30.6 Å². The zero-order valence-electron chi connectivity index (χ0n) is 15.6. The van der Waals surface area contributed by atoms with Crippen LogP contribution in [0.25, 0.3) is 10.1 Å². The number of thiophene rings is 1. The molecular formula is C20H26ClN3O2S. The summed E-state index contributed by atoms with van der Waals surface area (Å²) < 4.78 is 0.962. The van der Waals surface area contributed by atoms with E-state index in [1.807, 2.05) is 24.3 Å². The van der Waals surface area contributed by atoms with Gasteiger partial charge in [0.15, 0.2) is 0 Å². The molecule has 0 saturated carbocycles. The number of likely N-dealkylation sites (tertiary alicyclic amines) is 1. The fourth-order valence-corrected chi connectivity index (χ4v) is 4.90. The summed E-state index contributed by atoms with van der Waals surface area (Å²) in [6, 6.07) is 8.26. The quantitative estimate of drug-likeness (QED) is 0.688. The van der Waals surface area contributed by atoms with Gasteiger partial charge in [0.1, 0.15) is 4.88 Å². The molecule has 1 fully saturated rings. The van der Waals surface area contributed by atoms with Crippen LogP contribution in [-0.4, -0.2) is 48.9 Å². The van der Waals surface area contributed by atoms with Gasteiger partial charge in [0, 0.05) is 29.2 Å². The van der Waals surface area contributed by atoms with Gasteiger partial charge in [-0.2, -0.15) is 0 Å². The summed E-state index contributed by atoms with van der Waals surface area (Å²) in [4.78, 5) is 27.3. The number of amides is 2. The molecule has 5 nitrogen and oxygen atoms in total. The van der Waals surface area contributed by atoms with Crippen molar-refractivity contribution in [3.8, 4) is 0 Å². The number of fused-ring (bicyclic) bond motifs is 1. The van der Waals surface area contributed by atoms with Crippen LogP contribution < -0.4 is 10.6 Å². The monoisotopic (exact) mass is 407 g/mol. The van der Waals surface area contributed by atoms with E-state index in [2.05, 4.69) is 22.5 Å². The lowest BCUT2D eigenvalue weighted by molar-refractivity contribution is -0.120. The standard InChI is InChI=1S/C20H26ClN3O2S/c1-14-7-4-5-11-24(14)12-6-10-22-17(25)13-23-20(26)19-18(21)15-8-2-3-9-16(15)27-19/h2-3,8-9,14H,4-7,10-13H2,1H3,(H,22,25)(H,23,26)/t14-/m0/s1. The minimum atomic E-state index is -0.307. The molecule has 0 aliphatic carbocycles. The van der Waals surface area contributed by atoms with E-state index < -0.39 is 0 Å². The Balaban J connectivity index is 1.39. The summed E-state index contributed by atoms with van der Waals surface area (Å²) in [7, 11) is 0. The van der Waals surface area contributed by atoms with Crippen molar-refractivity contribution in [2.24, 2.45) is 0 Å². The van der Waals surface area contributed by atoms with Crippen LogP contribution in [0.15, 0.2) is 24.3 Å². The topological polar surface area (TPSA) is 61.4 Å². The lowest BCUT2D eigenvalue weighted by Gasteiger charge is -2.33. The molecule has 27 heavy (non-hydrogen) atoms. The fraction of sp³-hybridized carbons (Fsp3) is 0.500. The SMILES string of the molecule is C[C@H]1CCCCN1CCCNC(=O)CNC(=O)c1sc2ccccc2c1Cl. The molecule has 1 aliphatic heterocycles. The van der Waals surface area contributed by atoms with E-state index in [9.17, 15) is 9.59 Å². The second-order valence-corrected chi connectivity index (χ2v) is 8.44.